The van der Waals surface area contributed by atoms with E-state index in [1.807, 2.05) is 24.3 Å². The van der Waals surface area contributed by atoms with Gasteiger partial charge in [-0.05, 0) is 12.1 Å². The van der Waals surface area contributed by atoms with Gasteiger partial charge in [-0.2, -0.15) is 0 Å². The molecule has 0 fully saturated rings. The highest BCUT2D eigenvalue weighted by Crippen LogP contribution is 2.29. The molecule has 0 saturated heterocycles. The molecule has 0 amide bonds. The van der Waals surface area contributed by atoms with Crippen LogP contribution in [0, 0.1) is 0 Å². The molecular formula is C14H11N3O2. The first-order chi connectivity index (χ1) is 9.33. The Hall–Kier alpha value is -2.69. The third-order valence-corrected chi connectivity index (χ3v) is 2.94. The maximum atomic E-state index is 8.64. The minimum atomic E-state index is 0.519. The second-order valence-electron chi connectivity index (χ2n) is 4.03. The minimum Gasteiger partial charge on any atom is -0.496 e. The van der Waals surface area contributed by atoms with Gasteiger partial charge in [0, 0.05) is 23.0 Å². The van der Waals surface area contributed by atoms with Crippen LogP contribution in [-0.4, -0.2) is 28.5 Å². The van der Waals surface area contributed by atoms with Gasteiger partial charge in [-0.1, -0.05) is 17.3 Å². The van der Waals surface area contributed by atoms with Crippen molar-refractivity contribution in [2.75, 3.05) is 7.11 Å². The van der Waals surface area contributed by atoms with Crippen molar-refractivity contribution in [2.24, 2.45) is 5.16 Å². The Balaban J connectivity index is 2.46. The van der Waals surface area contributed by atoms with Crippen LogP contribution in [0.2, 0.25) is 0 Å². The molecule has 5 heteroatoms. The highest BCUT2D eigenvalue weighted by atomic mass is 16.5. The van der Waals surface area contributed by atoms with E-state index < -0.39 is 0 Å². The topological polar surface area (TPSA) is 67.6 Å². The molecule has 0 spiro atoms. The van der Waals surface area contributed by atoms with Gasteiger partial charge in [0.25, 0.3) is 0 Å². The predicted octanol–water partition coefficient (Wildman–Crippen LogP) is 2.60. The zero-order chi connectivity index (χ0) is 13.2. The molecule has 0 radical (unpaired) electrons. The Kier molecular flexibility index (Phi) is 2.72. The lowest BCUT2D eigenvalue weighted by Crippen LogP contribution is -1.95. The highest BCUT2D eigenvalue weighted by molar-refractivity contribution is 6.05. The molecule has 0 unspecified atom stereocenters. The van der Waals surface area contributed by atoms with E-state index in [1.54, 1.807) is 19.4 Å². The van der Waals surface area contributed by atoms with E-state index in [4.69, 9.17) is 9.94 Å². The van der Waals surface area contributed by atoms with E-state index in [2.05, 4.69) is 15.1 Å². The minimum absolute atomic E-state index is 0.519. The summed E-state index contributed by atoms with van der Waals surface area (Å²) in [6, 6.07) is 9.50. The van der Waals surface area contributed by atoms with Gasteiger partial charge >= 0.3 is 0 Å². The van der Waals surface area contributed by atoms with Crippen molar-refractivity contribution in [1.29, 1.82) is 0 Å². The Morgan fingerprint density at radius 3 is 2.95 bits per heavy atom. The SMILES string of the molecule is COc1cc(C=NO)nc2c1ccc1cccnc12. The first-order valence-electron chi connectivity index (χ1n) is 5.73. The summed E-state index contributed by atoms with van der Waals surface area (Å²) in [5, 5.41) is 13.5. The number of rotatable bonds is 2. The van der Waals surface area contributed by atoms with Gasteiger partial charge in [0.2, 0.25) is 0 Å². The molecule has 0 aliphatic heterocycles. The second-order valence-corrected chi connectivity index (χ2v) is 4.03. The lowest BCUT2D eigenvalue weighted by atomic mass is 10.1. The van der Waals surface area contributed by atoms with Crippen LogP contribution in [-0.2, 0) is 0 Å². The summed E-state index contributed by atoms with van der Waals surface area (Å²) in [7, 11) is 1.59. The van der Waals surface area contributed by atoms with Crippen LogP contribution >= 0.6 is 0 Å². The normalized spacial score (nSPS) is 11.4. The number of methoxy groups -OCH3 is 1. The smallest absolute Gasteiger partial charge is 0.130 e. The molecule has 94 valence electrons. The van der Waals surface area contributed by atoms with Gasteiger partial charge in [0.1, 0.15) is 11.3 Å². The number of fused-ring (bicyclic) bond motifs is 3. The molecule has 3 rings (SSSR count). The van der Waals surface area contributed by atoms with E-state index in [1.165, 1.54) is 6.21 Å². The fourth-order valence-corrected chi connectivity index (χ4v) is 2.11. The van der Waals surface area contributed by atoms with Crippen molar-refractivity contribution in [3.05, 3.63) is 42.2 Å². The van der Waals surface area contributed by atoms with Crippen molar-refractivity contribution in [2.45, 2.75) is 0 Å². The molecular weight excluding hydrogens is 242 g/mol. The summed E-state index contributed by atoms with van der Waals surface area (Å²) in [5.41, 5.74) is 2.05. The second kappa shape index (κ2) is 4.53. The van der Waals surface area contributed by atoms with Crippen LogP contribution < -0.4 is 4.74 Å². The number of benzene rings is 1. The first-order valence-corrected chi connectivity index (χ1v) is 5.73. The number of hydrogen-bond donors (Lipinski definition) is 1. The van der Waals surface area contributed by atoms with Crippen LogP contribution in [0.4, 0.5) is 0 Å². The zero-order valence-corrected chi connectivity index (χ0v) is 10.2. The van der Waals surface area contributed by atoms with Crippen molar-refractivity contribution in [1.82, 2.24) is 9.97 Å². The fourth-order valence-electron chi connectivity index (χ4n) is 2.11. The summed E-state index contributed by atoms with van der Waals surface area (Å²) in [6.07, 6.45) is 2.99. The van der Waals surface area contributed by atoms with Gasteiger partial charge in [-0.3, -0.25) is 4.98 Å². The zero-order valence-electron chi connectivity index (χ0n) is 10.2. The van der Waals surface area contributed by atoms with Gasteiger partial charge in [-0.15, -0.1) is 0 Å². The van der Waals surface area contributed by atoms with Crippen LogP contribution in [0.25, 0.3) is 21.8 Å². The standard InChI is InChI=1S/C14H11N3O2/c1-19-12-7-10(8-16-18)17-14-11(12)5-4-9-3-2-6-15-13(9)14/h2-8,18H,1H3. The molecule has 0 aliphatic rings. The van der Waals surface area contributed by atoms with Gasteiger partial charge < -0.3 is 9.94 Å². The fraction of sp³-hybridized carbons (Fsp3) is 0.0714. The summed E-state index contributed by atoms with van der Waals surface area (Å²) < 4.78 is 5.35. The average Bonchev–Trinajstić information content (AvgIpc) is 2.46. The highest BCUT2D eigenvalue weighted by Gasteiger charge is 2.09. The molecule has 5 nitrogen and oxygen atoms in total. The first kappa shape index (κ1) is 11.4. The van der Waals surface area contributed by atoms with Gasteiger partial charge in [-0.25, -0.2) is 4.98 Å². The quantitative estimate of drug-likeness (QED) is 0.330. The third kappa shape index (κ3) is 1.85. The Morgan fingerprint density at radius 1 is 1.26 bits per heavy atom. The molecule has 0 saturated carbocycles. The lowest BCUT2D eigenvalue weighted by molar-refractivity contribution is 0.321. The molecule has 2 heterocycles. The number of nitrogens with zero attached hydrogens (tertiary/aromatic N) is 3. The number of hydrogen-bond acceptors (Lipinski definition) is 5. The summed E-state index contributed by atoms with van der Waals surface area (Å²) >= 11 is 0. The number of pyridine rings is 2. The Bertz CT molecular complexity index is 784. The molecule has 1 N–H and O–H groups in total. The molecule has 1 aromatic carbocycles. The maximum absolute atomic E-state index is 8.64. The molecule has 0 atom stereocenters. The van der Waals surface area contributed by atoms with Crippen LogP contribution in [0.15, 0.2) is 41.7 Å². The monoisotopic (exact) mass is 253 g/mol. The third-order valence-electron chi connectivity index (χ3n) is 2.94. The van der Waals surface area contributed by atoms with Crippen molar-refractivity contribution < 1.29 is 9.94 Å². The average molecular weight is 253 g/mol. The van der Waals surface area contributed by atoms with Gasteiger partial charge in [0.05, 0.1) is 24.5 Å². The molecule has 2 aromatic heterocycles. The Morgan fingerprint density at radius 2 is 2.16 bits per heavy atom. The number of oxime groups is 1. The van der Waals surface area contributed by atoms with E-state index in [0.717, 1.165) is 21.8 Å². The summed E-state index contributed by atoms with van der Waals surface area (Å²) in [6.45, 7) is 0. The van der Waals surface area contributed by atoms with E-state index in [9.17, 15) is 0 Å². The lowest BCUT2D eigenvalue weighted by Gasteiger charge is -2.08. The van der Waals surface area contributed by atoms with Crippen molar-refractivity contribution >= 4 is 28.0 Å². The number of aromatic nitrogens is 2. The molecule has 0 aliphatic carbocycles. The maximum Gasteiger partial charge on any atom is 0.130 e. The summed E-state index contributed by atoms with van der Waals surface area (Å²) in [5.74, 6) is 0.674. The molecule has 19 heavy (non-hydrogen) atoms. The number of ether oxygens (including phenoxy) is 1. The predicted molar refractivity (Wildman–Crippen MR) is 73.0 cm³/mol. The van der Waals surface area contributed by atoms with Crippen LogP contribution in [0.5, 0.6) is 5.75 Å². The van der Waals surface area contributed by atoms with E-state index >= 15 is 0 Å². The molecule has 3 aromatic rings. The van der Waals surface area contributed by atoms with Crippen LogP contribution in [0.1, 0.15) is 5.69 Å². The van der Waals surface area contributed by atoms with Gasteiger partial charge in [0.15, 0.2) is 0 Å². The Labute approximate surface area is 109 Å². The molecule has 0 bridgehead atoms. The summed E-state index contributed by atoms with van der Waals surface area (Å²) in [4.78, 5) is 8.81. The van der Waals surface area contributed by atoms with E-state index in [0.29, 0.717) is 11.4 Å². The van der Waals surface area contributed by atoms with Crippen molar-refractivity contribution in [3.63, 3.8) is 0 Å². The van der Waals surface area contributed by atoms with E-state index in [-0.39, 0.29) is 0 Å². The van der Waals surface area contributed by atoms with Crippen LogP contribution in [0.3, 0.4) is 0 Å². The largest absolute Gasteiger partial charge is 0.496 e. The van der Waals surface area contributed by atoms with Crippen molar-refractivity contribution in [3.8, 4) is 5.75 Å².